The molecule has 1 saturated heterocycles. The van der Waals surface area contributed by atoms with Gasteiger partial charge < -0.3 is 35.0 Å². The number of carbonyl (C=O) groups is 1. The lowest BCUT2D eigenvalue weighted by molar-refractivity contribution is -0.140. The maximum atomic E-state index is 11.5. The first-order valence-electron chi connectivity index (χ1n) is 17.9. The quantitative estimate of drug-likeness (QED) is 0.0740. The molecule has 282 valence electrons. The van der Waals surface area contributed by atoms with Crippen LogP contribution in [0.15, 0.2) is 73.2 Å². The second-order valence-corrected chi connectivity index (χ2v) is 13.7. The van der Waals surface area contributed by atoms with E-state index in [0.717, 1.165) is 78.7 Å². The van der Waals surface area contributed by atoms with E-state index in [1.807, 2.05) is 31.4 Å². The Morgan fingerprint density at radius 2 is 1.83 bits per heavy atom. The van der Waals surface area contributed by atoms with Crippen molar-refractivity contribution in [3.63, 3.8) is 0 Å². The first kappa shape index (κ1) is 38.5. The second-order valence-electron chi connectivity index (χ2n) is 13.3. The molecule has 0 radical (unpaired) electrons. The number of hydrogen-bond acceptors (Lipinski definition) is 11. The van der Waals surface area contributed by atoms with E-state index in [4.69, 9.17) is 26.2 Å². The van der Waals surface area contributed by atoms with Gasteiger partial charge in [-0.15, -0.1) is 0 Å². The molecule has 1 aliphatic heterocycles. The van der Waals surface area contributed by atoms with Crippen LogP contribution in [0.1, 0.15) is 41.5 Å². The van der Waals surface area contributed by atoms with Crippen LogP contribution in [0.3, 0.4) is 0 Å². The van der Waals surface area contributed by atoms with Gasteiger partial charge in [-0.1, -0.05) is 41.9 Å². The van der Waals surface area contributed by atoms with Crippen LogP contribution >= 0.6 is 11.6 Å². The van der Waals surface area contributed by atoms with Gasteiger partial charge in [0, 0.05) is 85.0 Å². The number of fused-ring (bicyclic) bond motifs is 1. The standard InChI is InChI=1S/C40H44ClN7O6/c1-43-39-28(6-4-8-32(39)31-7-5-9-36-33(31)21-46-48(36)12-3-2-11-47-13-10-30(50)22-47)25-54-38-16-37(53-24-27-14-26(17-42)18-44-19-27)29(15-34(38)41)20-45-35(23-49)40(51)52/h4-9,14-16,18-19,21,30,35,43,45,49-50H,2-3,10-13,20,22-25H2,1H3,(H,51,52)/t30-,35?/m1/s1. The van der Waals surface area contributed by atoms with Gasteiger partial charge in [0.25, 0.3) is 0 Å². The molecule has 54 heavy (non-hydrogen) atoms. The molecule has 1 aliphatic rings. The number of benzene rings is 3. The number of aliphatic hydroxyl groups is 2. The molecular weight excluding hydrogens is 710 g/mol. The maximum Gasteiger partial charge on any atom is 0.323 e. The van der Waals surface area contributed by atoms with Crippen LogP contribution in [0.25, 0.3) is 22.0 Å². The van der Waals surface area contributed by atoms with Crippen molar-refractivity contribution >= 4 is 34.2 Å². The van der Waals surface area contributed by atoms with Crippen molar-refractivity contribution in [2.45, 2.75) is 57.7 Å². The minimum absolute atomic E-state index is 0.0427. The summed E-state index contributed by atoms with van der Waals surface area (Å²) in [6.45, 7) is 3.21. The van der Waals surface area contributed by atoms with Crippen molar-refractivity contribution in [3.05, 3.63) is 100 Å². The number of hydrogen-bond donors (Lipinski definition) is 5. The Balaban J connectivity index is 1.20. The van der Waals surface area contributed by atoms with Crippen molar-refractivity contribution < 1.29 is 29.6 Å². The van der Waals surface area contributed by atoms with Crippen molar-refractivity contribution in [2.24, 2.45) is 0 Å². The minimum atomic E-state index is -1.19. The van der Waals surface area contributed by atoms with E-state index in [2.05, 4.69) is 49.5 Å². The van der Waals surface area contributed by atoms with E-state index in [0.29, 0.717) is 33.2 Å². The van der Waals surface area contributed by atoms with Crippen molar-refractivity contribution in [1.82, 2.24) is 25.0 Å². The molecule has 13 nitrogen and oxygen atoms in total. The zero-order chi connectivity index (χ0) is 38.0. The Morgan fingerprint density at radius 1 is 1.04 bits per heavy atom. The molecule has 0 spiro atoms. The molecule has 0 aliphatic carbocycles. The van der Waals surface area contributed by atoms with Crippen LogP contribution in [-0.2, 0) is 31.1 Å². The summed E-state index contributed by atoms with van der Waals surface area (Å²) < 4.78 is 14.5. The fourth-order valence-corrected chi connectivity index (χ4v) is 6.98. The number of rotatable bonds is 18. The molecule has 5 N–H and O–H groups in total. The highest BCUT2D eigenvalue weighted by atomic mass is 35.5. The number of aliphatic hydroxyl groups excluding tert-OH is 2. The lowest BCUT2D eigenvalue weighted by Crippen LogP contribution is -2.39. The number of anilines is 1. The average Bonchev–Trinajstić information content (AvgIpc) is 3.80. The Hall–Kier alpha value is -5.23. The summed E-state index contributed by atoms with van der Waals surface area (Å²) in [5.74, 6) is -0.454. The molecule has 0 amide bonds. The van der Waals surface area contributed by atoms with Gasteiger partial charge in [0.2, 0.25) is 0 Å². The number of aromatic nitrogens is 3. The van der Waals surface area contributed by atoms with E-state index < -0.39 is 18.6 Å². The number of unbranched alkanes of at least 4 members (excludes halogenated alkanes) is 1. The lowest BCUT2D eigenvalue weighted by atomic mass is 9.97. The van der Waals surface area contributed by atoms with Crippen LogP contribution in [0, 0.1) is 11.3 Å². The maximum absolute atomic E-state index is 11.5. The molecular formula is C40H44ClN7O6. The molecule has 6 rings (SSSR count). The highest BCUT2D eigenvalue weighted by molar-refractivity contribution is 6.32. The zero-order valence-corrected chi connectivity index (χ0v) is 30.8. The van der Waals surface area contributed by atoms with Gasteiger partial charge in [-0.2, -0.15) is 10.4 Å². The van der Waals surface area contributed by atoms with Gasteiger partial charge in [0.05, 0.1) is 35.0 Å². The summed E-state index contributed by atoms with van der Waals surface area (Å²) in [5.41, 5.74) is 6.50. The summed E-state index contributed by atoms with van der Waals surface area (Å²) in [5, 5.41) is 50.3. The van der Waals surface area contributed by atoms with E-state index in [1.165, 1.54) is 6.20 Å². The summed E-state index contributed by atoms with van der Waals surface area (Å²) in [4.78, 5) is 17.9. The van der Waals surface area contributed by atoms with Gasteiger partial charge in [-0.25, -0.2) is 0 Å². The predicted octanol–water partition coefficient (Wildman–Crippen LogP) is 5.20. The van der Waals surface area contributed by atoms with Gasteiger partial charge in [-0.3, -0.25) is 19.8 Å². The molecule has 5 aromatic rings. The number of aryl methyl sites for hydroxylation is 1. The number of pyridine rings is 1. The molecule has 2 aromatic heterocycles. The summed E-state index contributed by atoms with van der Waals surface area (Å²) >= 11 is 6.73. The summed E-state index contributed by atoms with van der Waals surface area (Å²) in [6, 6.07) is 18.1. The minimum Gasteiger partial charge on any atom is -0.488 e. The van der Waals surface area contributed by atoms with Crippen molar-refractivity contribution in [3.8, 4) is 28.7 Å². The van der Waals surface area contributed by atoms with Crippen molar-refractivity contribution in [1.29, 1.82) is 5.26 Å². The molecule has 1 fully saturated rings. The number of aliphatic carboxylic acids is 1. The molecule has 0 saturated carbocycles. The smallest absolute Gasteiger partial charge is 0.323 e. The van der Waals surface area contributed by atoms with Crippen LogP contribution in [-0.4, -0.2) is 86.4 Å². The SMILES string of the molecule is CNc1c(COc2cc(OCc3cncc(C#N)c3)c(CNC(CO)C(=O)O)cc2Cl)cccc1-c1cccc2c1cnn2CCCCN1CC[C@@H](O)C1. The average molecular weight is 754 g/mol. The number of para-hydroxylation sites is 1. The van der Waals surface area contributed by atoms with E-state index in [9.17, 15) is 25.4 Å². The fourth-order valence-electron chi connectivity index (χ4n) is 6.74. The van der Waals surface area contributed by atoms with E-state index in [-0.39, 0.29) is 25.9 Å². The van der Waals surface area contributed by atoms with Crippen LogP contribution < -0.4 is 20.1 Å². The summed E-state index contributed by atoms with van der Waals surface area (Å²) in [7, 11) is 1.87. The van der Waals surface area contributed by atoms with Crippen LogP contribution in [0.2, 0.25) is 5.02 Å². The number of ether oxygens (including phenoxy) is 2. The third-order valence-corrected chi connectivity index (χ3v) is 9.85. The molecule has 3 heterocycles. The second kappa shape index (κ2) is 18.2. The monoisotopic (exact) mass is 753 g/mol. The molecule has 0 bridgehead atoms. The Bertz CT molecular complexity index is 2120. The largest absolute Gasteiger partial charge is 0.488 e. The number of β-amino-alcohol motifs (C(OH)–C–C–N with tert-alkyl or cyclic N) is 1. The van der Waals surface area contributed by atoms with E-state index in [1.54, 1.807) is 24.4 Å². The fraction of sp³-hybridized carbons (Fsp3) is 0.350. The van der Waals surface area contributed by atoms with Gasteiger partial charge in [0.15, 0.2) is 0 Å². The molecule has 3 aromatic carbocycles. The number of nitrogens with zero attached hydrogens (tertiary/aromatic N) is 5. The van der Waals surface area contributed by atoms with Crippen LogP contribution in [0.5, 0.6) is 11.5 Å². The molecule has 1 unspecified atom stereocenters. The third-order valence-electron chi connectivity index (χ3n) is 9.56. The van der Waals surface area contributed by atoms with Crippen LogP contribution in [0.4, 0.5) is 5.69 Å². The number of nitriles is 1. The number of likely N-dealkylation sites (tertiary alicyclic amines) is 1. The Labute approximate surface area is 318 Å². The topological polar surface area (TPSA) is 178 Å². The highest BCUT2D eigenvalue weighted by Crippen LogP contribution is 2.38. The third kappa shape index (κ3) is 9.28. The lowest BCUT2D eigenvalue weighted by Gasteiger charge is -2.19. The van der Waals surface area contributed by atoms with Gasteiger partial charge >= 0.3 is 5.97 Å². The molecule has 14 heteroatoms. The Kier molecular flexibility index (Phi) is 13.0. The number of carboxylic acid groups (broad SMARTS) is 1. The van der Waals surface area contributed by atoms with E-state index >= 15 is 0 Å². The normalized spacial score (nSPS) is 14.9. The highest BCUT2D eigenvalue weighted by Gasteiger charge is 2.21. The van der Waals surface area contributed by atoms with Gasteiger partial charge in [-0.05, 0) is 49.6 Å². The summed E-state index contributed by atoms with van der Waals surface area (Å²) in [6.07, 6.45) is 7.67. The van der Waals surface area contributed by atoms with Gasteiger partial charge in [0.1, 0.15) is 36.8 Å². The first-order valence-corrected chi connectivity index (χ1v) is 18.3. The number of nitrogens with one attached hydrogen (secondary N) is 2. The van der Waals surface area contributed by atoms with Crippen molar-refractivity contribution in [2.75, 3.05) is 38.6 Å². The first-order chi connectivity index (χ1) is 26.3. The molecule has 2 atom stereocenters. The predicted molar refractivity (Wildman–Crippen MR) is 205 cm³/mol. The Morgan fingerprint density at radius 3 is 2.59 bits per heavy atom. The number of carboxylic acids is 1. The zero-order valence-electron chi connectivity index (χ0n) is 30.0. The number of halogens is 1.